The van der Waals surface area contributed by atoms with Crippen molar-refractivity contribution in [2.45, 2.75) is 26.7 Å². The monoisotopic (exact) mass is 298 g/mol. The molecule has 2 aromatic rings. The van der Waals surface area contributed by atoms with Crippen LogP contribution >= 0.6 is 7.37 Å². The molecule has 0 amide bonds. The lowest BCUT2D eigenvalue weighted by Crippen LogP contribution is -2.25. The van der Waals surface area contributed by atoms with Crippen molar-refractivity contribution < 1.29 is 9.09 Å². The lowest BCUT2D eigenvalue weighted by Gasteiger charge is -2.30. The molecule has 0 saturated carbocycles. The summed E-state index contributed by atoms with van der Waals surface area (Å²) >= 11 is 0. The van der Waals surface area contributed by atoms with Gasteiger partial charge in [-0.05, 0) is 35.8 Å². The van der Waals surface area contributed by atoms with Gasteiger partial charge in [0.25, 0.3) is 0 Å². The molecule has 3 rings (SSSR count). The molecule has 2 aromatic carbocycles. The molecule has 0 fully saturated rings. The Bertz CT molecular complexity index is 732. The summed E-state index contributed by atoms with van der Waals surface area (Å²) in [5.74, 6) is 0.864. The normalized spacial score (nSPS) is 20.9. The average Bonchev–Trinajstić information content (AvgIpc) is 2.55. The van der Waals surface area contributed by atoms with E-state index in [0.29, 0.717) is 0 Å². The van der Waals surface area contributed by atoms with E-state index in [0.717, 1.165) is 34.8 Å². The zero-order valence-electron chi connectivity index (χ0n) is 12.4. The first-order valence-corrected chi connectivity index (χ1v) is 9.00. The largest absolute Gasteiger partial charge is 0.441 e. The van der Waals surface area contributed by atoms with Gasteiger partial charge in [0.15, 0.2) is 0 Å². The molecule has 0 aromatic heterocycles. The van der Waals surface area contributed by atoms with E-state index < -0.39 is 7.37 Å². The smallest absolute Gasteiger partial charge is 0.307 e. The summed E-state index contributed by atoms with van der Waals surface area (Å²) in [7, 11) is -3.04. The second-order valence-electron chi connectivity index (χ2n) is 5.10. The van der Waals surface area contributed by atoms with E-state index in [9.17, 15) is 4.57 Å². The summed E-state index contributed by atoms with van der Waals surface area (Å²) in [5, 5.41) is 1.59. The van der Waals surface area contributed by atoms with Gasteiger partial charge in [-0.15, -0.1) is 0 Å². The molecule has 3 heteroatoms. The molecule has 1 unspecified atom stereocenters. The summed E-state index contributed by atoms with van der Waals surface area (Å²) in [6, 6.07) is 17.5. The van der Waals surface area contributed by atoms with Gasteiger partial charge in [0, 0.05) is 6.42 Å². The summed E-state index contributed by atoms with van der Waals surface area (Å²) in [6.45, 7) is 4.16. The highest BCUT2D eigenvalue weighted by Crippen LogP contribution is 2.53. The number of hydrogen-bond acceptors (Lipinski definition) is 2. The van der Waals surface area contributed by atoms with Gasteiger partial charge in [0.1, 0.15) is 5.76 Å². The van der Waals surface area contributed by atoms with Crippen LogP contribution in [0.1, 0.15) is 32.3 Å². The Hall–Kier alpha value is -1.79. The van der Waals surface area contributed by atoms with Crippen molar-refractivity contribution in [2.75, 3.05) is 0 Å². The highest BCUT2D eigenvalue weighted by atomic mass is 31.2. The molecular formula is C18H19O2P. The maximum atomic E-state index is 13.6. The topological polar surface area (TPSA) is 26.3 Å². The van der Waals surface area contributed by atoms with Crippen molar-refractivity contribution in [1.82, 2.24) is 0 Å². The van der Waals surface area contributed by atoms with Gasteiger partial charge < -0.3 is 4.52 Å². The SMILES string of the molecule is CCC1=C(CC)c2ccccc2P(=O)(c2ccccc2)O1. The fourth-order valence-electron chi connectivity index (χ4n) is 2.88. The minimum Gasteiger partial charge on any atom is -0.441 e. The molecule has 108 valence electrons. The molecule has 1 atom stereocenters. The molecule has 0 bridgehead atoms. The van der Waals surface area contributed by atoms with Crippen LogP contribution in [-0.4, -0.2) is 0 Å². The van der Waals surface area contributed by atoms with Crippen LogP contribution in [0, 0.1) is 0 Å². The molecule has 0 radical (unpaired) electrons. The van der Waals surface area contributed by atoms with Crippen LogP contribution in [0.25, 0.3) is 5.57 Å². The first-order valence-electron chi connectivity index (χ1n) is 7.38. The molecule has 0 N–H and O–H groups in total. The third kappa shape index (κ3) is 2.24. The third-order valence-electron chi connectivity index (χ3n) is 3.89. The Morgan fingerprint density at radius 2 is 1.57 bits per heavy atom. The van der Waals surface area contributed by atoms with E-state index in [1.165, 1.54) is 5.57 Å². The third-order valence-corrected chi connectivity index (χ3v) is 6.37. The van der Waals surface area contributed by atoms with Gasteiger partial charge in [-0.25, -0.2) is 0 Å². The second-order valence-corrected chi connectivity index (χ2v) is 7.39. The molecule has 0 spiro atoms. The van der Waals surface area contributed by atoms with E-state index in [-0.39, 0.29) is 0 Å². The molecule has 0 saturated heterocycles. The number of benzene rings is 2. The van der Waals surface area contributed by atoms with Crippen LogP contribution in [0.15, 0.2) is 60.4 Å². The molecule has 1 heterocycles. The number of allylic oxidation sites excluding steroid dienone is 2. The van der Waals surface area contributed by atoms with Gasteiger partial charge in [0.2, 0.25) is 0 Å². The van der Waals surface area contributed by atoms with Gasteiger partial charge >= 0.3 is 7.37 Å². The van der Waals surface area contributed by atoms with Crippen LogP contribution in [0.2, 0.25) is 0 Å². The Morgan fingerprint density at radius 1 is 0.905 bits per heavy atom. The maximum Gasteiger partial charge on any atom is 0.307 e. The van der Waals surface area contributed by atoms with E-state index >= 15 is 0 Å². The number of fused-ring (bicyclic) bond motifs is 1. The Balaban J connectivity index is 2.27. The van der Waals surface area contributed by atoms with Gasteiger partial charge in [-0.3, -0.25) is 4.57 Å². The molecule has 1 aliphatic rings. The number of rotatable bonds is 3. The molecule has 2 nitrogen and oxygen atoms in total. The van der Waals surface area contributed by atoms with Crippen molar-refractivity contribution in [3.8, 4) is 0 Å². The molecular weight excluding hydrogens is 279 g/mol. The predicted octanol–water partition coefficient (Wildman–Crippen LogP) is 4.48. The van der Waals surface area contributed by atoms with Gasteiger partial charge in [-0.2, -0.15) is 0 Å². The first kappa shape index (κ1) is 14.2. The molecule has 21 heavy (non-hydrogen) atoms. The van der Waals surface area contributed by atoms with E-state index in [1.807, 2.05) is 55.5 Å². The molecule has 0 aliphatic carbocycles. The van der Waals surface area contributed by atoms with Crippen molar-refractivity contribution in [3.05, 3.63) is 65.9 Å². The average molecular weight is 298 g/mol. The standard InChI is InChI=1S/C18H19O2P/c1-3-15-16-12-8-9-13-18(16)21(19,20-17(15)4-2)14-10-6-5-7-11-14/h5-13H,3-4H2,1-2H3. The van der Waals surface area contributed by atoms with Crippen LogP contribution in [-0.2, 0) is 9.09 Å². The highest BCUT2D eigenvalue weighted by Gasteiger charge is 2.37. The van der Waals surface area contributed by atoms with Crippen LogP contribution in [0.4, 0.5) is 0 Å². The minimum atomic E-state index is -3.04. The van der Waals surface area contributed by atoms with Crippen molar-refractivity contribution in [2.24, 2.45) is 0 Å². The summed E-state index contributed by atoms with van der Waals surface area (Å²) < 4.78 is 19.7. The van der Waals surface area contributed by atoms with Crippen molar-refractivity contribution in [3.63, 3.8) is 0 Å². The summed E-state index contributed by atoms with van der Waals surface area (Å²) in [5.41, 5.74) is 2.26. The lowest BCUT2D eigenvalue weighted by atomic mass is 10.0. The first-order chi connectivity index (χ1) is 10.2. The quantitative estimate of drug-likeness (QED) is 0.781. The van der Waals surface area contributed by atoms with Crippen molar-refractivity contribution >= 4 is 23.6 Å². The Morgan fingerprint density at radius 3 is 2.24 bits per heavy atom. The van der Waals surface area contributed by atoms with Crippen LogP contribution < -0.4 is 10.6 Å². The van der Waals surface area contributed by atoms with Crippen LogP contribution in [0.3, 0.4) is 0 Å². The summed E-state index contributed by atoms with van der Waals surface area (Å²) in [4.78, 5) is 0. The minimum absolute atomic E-state index is 0.758. The second kappa shape index (κ2) is 5.54. The maximum absolute atomic E-state index is 13.6. The lowest BCUT2D eigenvalue weighted by molar-refractivity contribution is 0.406. The fourth-order valence-corrected chi connectivity index (χ4v) is 5.28. The zero-order chi connectivity index (χ0) is 14.9. The zero-order valence-corrected chi connectivity index (χ0v) is 13.3. The fraction of sp³-hybridized carbons (Fsp3) is 0.222. The Kier molecular flexibility index (Phi) is 3.73. The predicted molar refractivity (Wildman–Crippen MR) is 88.3 cm³/mol. The van der Waals surface area contributed by atoms with E-state index in [1.54, 1.807) is 0 Å². The van der Waals surface area contributed by atoms with Gasteiger partial charge in [-0.1, -0.05) is 50.2 Å². The van der Waals surface area contributed by atoms with E-state index in [2.05, 4.69) is 13.0 Å². The summed E-state index contributed by atoms with van der Waals surface area (Å²) in [6.07, 6.45) is 1.64. The highest BCUT2D eigenvalue weighted by molar-refractivity contribution is 7.74. The van der Waals surface area contributed by atoms with E-state index in [4.69, 9.17) is 4.52 Å². The number of hydrogen-bond donors (Lipinski definition) is 0. The van der Waals surface area contributed by atoms with Crippen LogP contribution in [0.5, 0.6) is 0 Å². The molecule has 1 aliphatic heterocycles. The van der Waals surface area contributed by atoms with Crippen molar-refractivity contribution in [1.29, 1.82) is 0 Å². The van der Waals surface area contributed by atoms with Gasteiger partial charge in [0.05, 0.1) is 10.6 Å². The Labute approximate surface area is 125 Å².